The van der Waals surface area contributed by atoms with E-state index in [1.165, 1.54) is 18.2 Å². The van der Waals surface area contributed by atoms with E-state index >= 15 is 19.2 Å². The summed E-state index contributed by atoms with van der Waals surface area (Å²) in [5, 5.41) is 50.8. The number of fused-ring (bicyclic) bond motifs is 6. The molecule has 0 radical (unpaired) electrons. The number of nitrogens with zero attached hydrogens (tertiary/aromatic N) is 6. The van der Waals surface area contributed by atoms with Gasteiger partial charge in [-0.2, -0.15) is 21.0 Å². The van der Waals surface area contributed by atoms with Gasteiger partial charge in [0.25, 0.3) is 0 Å². The molecule has 0 fully saturated rings. The fourth-order valence-electron chi connectivity index (χ4n) is 10.9. The van der Waals surface area contributed by atoms with Gasteiger partial charge in [0.05, 0.1) is 49.0 Å². The molecule has 0 saturated heterocycles. The second-order valence-electron chi connectivity index (χ2n) is 19.9. The number of hydrogen-bond donors (Lipinski definition) is 1. The summed E-state index contributed by atoms with van der Waals surface area (Å²) < 4.78 is 24.7. The summed E-state index contributed by atoms with van der Waals surface area (Å²) in [5.74, 6) is -7.75. The van der Waals surface area contributed by atoms with E-state index in [1.807, 2.05) is 24.3 Å². The summed E-state index contributed by atoms with van der Waals surface area (Å²) in [6.45, 7) is -1.83. The molecule has 0 amide bonds. The highest BCUT2D eigenvalue weighted by molar-refractivity contribution is 7.16. The first-order chi connectivity index (χ1) is 41.8. The summed E-state index contributed by atoms with van der Waals surface area (Å²) in [5.41, 5.74) is -7.43. The Kier molecular flexibility index (Phi) is 14.2. The molecule has 2 aromatic heterocycles. The van der Waals surface area contributed by atoms with Crippen molar-refractivity contribution in [2.75, 3.05) is 0 Å². The van der Waals surface area contributed by atoms with Crippen molar-refractivity contribution in [1.82, 2.24) is 9.97 Å². The summed E-state index contributed by atoms with van der Waals surface area (Å²) in [6, 6.07) is 45.9. The number of ketones is 3. The van der Waals surface area contributed by atoms with Gasteiger partial charge in [-0.1, -0.05) is 121 Å². The average molecular weight is 1170 g/mol. The Labute approximate surface area is 495 Å². The first-order valence-corrected chi connectivity index (χ1v) is 27.7. The van der Waals surface area contributed by atoms with Gasteiger partial charge in [0.1, 0.15) is 66.8 Å². The lowest BCUT2D eigenvalue weighted by molar-refractivity contribution is -0.165. The van der Waals surface area contributed by atoms with E-state index in [1.54, 1.807) is 121 Å². The molecular formula is C66H36N6O12S2. The number of Topliss-reactive ketones (excluding diaryl/α,β-unsaturated/α-hetero) is 3. The number of rotatable bonds is 14. The molecular weight excluding hydrogens is 1130 g/mol. The topological polar surface area (TPSA) is 298 Å². The van der Waals surface area contributed by atoms with E-state index in [9.17, 15) is 40.5 Å². The van der Waals surface area contributed by atoms with Gasteiger partial charge in [0.15, 0.2) is 17.3 Å². The second kappa shape index (κ2) is 22.1. The van der Waals surface area contributed by atoms with Crippen LogP contribution in [-0.2, 0) is 75.4 Å². The Morgan fingerprint density at radius 3 is 1.15 bits per heavy atom. The second-order valence-corrected chi connectivity index (χ2v) is 21.9. The van der Waals surface area contributed by atoms with Crippen LogP contribution in [0, 0.1) is 45.3 Å². The van der Waals surface area contributed by atoms with Crippen LogP contribution in [0.5, 0.6) is 0 Å². The number of aliphatic hydroxyl groups is 1. The van der Waals surface area contributed by atoms with Crippen molar-refractivity contribution in [3.63, 3.8) is 0 Å². The third kappa shape index (κ3) is 8.89. The SMILES string of the molecule is N#Cc1cc2c(cc1C#N)C(=O)C(=Cc1nc3c(s1)C1=C(c4sc(/C=C5\C(=O)c6cc(C#N)c(C#N)cc6C5O)nc4C1(C(=O)OCc1ccccc1)C(=O)OCc1ccccc1)C3(C(=O)OCc1ccccc1)C(=O)OCc1ccccc1)C2=O. The molecule has 0 bridgehead atoms. The summed E-state index contributed by atoms with van der Waals surface area (Å²) in [7, 11) is 0. The van der Waals surface area contributed by atoms with Crippen molar-refractivity contribution < 1.29 is 57.6 Å². The monoisotopic (exact) mass is 1170 g/mol. The quantitative estimate of drug-likeness (QED) is 0.0348. The average Bonchev–Trinajstić information content (AvgIpc) is 1.49. The number of carbonyl (C=O) groups excluding carboxylic acids is 7. The summed E-state index contributed by atoms with van der Waals surface area (Å²) in [4.78, 5) is 116. The number of allylic oxidation sites excluding steroid dienone is 1. The Balaban J connectivity index is 1.13. The molecule has 4 aliphatic carbocycles. The van der Waals surface area contributed by atoms with Crippen LogP contribution in [0.25, 0.3) is 23.3 Å². The fraction of sp³-hybridized carbons (Fsp3) is 0.106. The molecule has 0 saturated carbocycles. The first-order valence-electron chi connectivity index (χ1n) is 26.1. The lowest BCUT2D eigenvalue weighted by Gasteiger charge is -2.27. The maximum Gasteiger partial charge on any atom is 0.334 e. The molecule has 2 heterocycles. The van der Waals surface area contributed by atoms with Gasteiger partial charge in [-0.25, -0.2) is 9.97 Å². The van der Waals surface area contributed by atoms with Crippen LogP contribution in [-0.4, -0.2) is 56.3 Å². The van der Waals surface area contributed by atoms with E-state index in [2.05, 4.69) is 0 Å². The molecule has 0 spiro atoms. The maximum absolute atomic E-state index is 16.1. The van der Waals surface area contributed by atoms with Crippen LogP contribution < -0.4 is 0 Å². The van der Waals surface area contributed by atoms with Crippen LogP contribution in [0.4, 0.5) is 0 Å². The number of aromatic nitrogens is 2. The minimum atomic E-state index is -2.94. The molecule has 8 aromatic rings. The number of aliphatic hydroxyl groups excluding tert-OH is 1. The Morgan fingerprint density at radius 2 is 0.802 bits per heavy atom. The molecule has 0 aliphatic heterocycles. The third-order valence-corrected chi connectivity index (χ3v) is 17.0. The molecule has 86 heavy (non-hydrogen) atoms. The predicted molar refractivity (Wildman–Crippen MR) is 305 cm³/mol. The number of nitriles is 4. The predicted octanol–water partition coefficient (Wildman–Crippen LogP) is 9.25. The zero-order valence-electron chi connectivity index (χ0n) is 44.4. The molecule has 6 aromatic carbocycles. The van der Waals surface area contributed by atoms with E-state index in [0.717, 1.165) is 18.2 Å². The smallest absolute Gasteiger partial charge is 0.334 e. The normalized spacial score (nSPS) is 15.7. The maximum atomic E-state index is 16.1. The number of carbonyl (C=O) groups is 7. The zero-order chi connectivity index (χ0) is 60.0. The van der Waals surface area contributed by atoms with Crippen LogP contribution in [0.1, 0.15) is 118 Å². The Hall–Kier alpha value is -11.4. The van der Waals surface area contributed by atoms with Gasteiger partial charge < -0.3 is 24.1 Å². The fourth-order valence-corrected chi connectivity index (χ4v) is 13.2. The molecule has 1 atom stereocenters. The highest BCUT2D eigenvalue weighted by Crippen LogP contribution is 2.67. The Bertz CT molecular complexity index is 4410. The van der Waals surface area contributed by atoms with Crippen LogP contribution >= 0.6 is 22.7 Å². The number of esters is 4. The van der Waals surface area contributed by atoms with Gasteiger partial charge in [-0.3, -0.25) is 33.6 Å². The minimum absolute atomic E-state index is 0.0105. The van der Waals surface area contributed by atoms with Crippen molar-refractivity contribution in [2.24, 2.45) is 0 Å². The largest absolute Gasteiger partial charge is 0.459 e. The molecule has 1 unspecified atom stereocenters. The third-order valence-electron chi connectivity index (χ3n) is 15.0. The highest BCUT2D eigenvalue weighted by Gasteiger charge is 2.73. The lowest BCUT2D eigenvalue weighted by atomic mass is 9.79. The van der Waals surface area contributed by atoms with Gasteiger partial charge in [0.2, 0.25) is 10.8 Å². The van der Waals surface area contributed by atoms with Crippen LogP contribution in [0.2, 0.25) is 0 Å². The summed E-state index contributed by atoms with van der Waals surface area (Å²) in [6.07, 6.45) is 0.594. The zero-order valence-corrected chi connectivity index (χ0v) is 46.0. The van der Waals surface area contributed by atoms with E-state index in [4.69, 9.17) is 28.9 Å². The number of benzene rings is 6. The molecule has 18 nitrogen and oxygen atoms in total. The van der Waals surface area contributed by atoms with E-state index in [0.29, 0.717) is 44.9 Å². The molecule has 12 rings (SSSR count). The van der Waals surface area contributed by atoms with Crippen LogP contribution in [0.3, 0.4) is 0 Å². The van der Waals surface area contributed by atoms with Gasteiger partial charge in [-0.15, -0.1) is 22.7 Å². The van der Waals surface area contributed by atoms with Crippen molar-refractivity contribution in [1.29, 1.82) is 21.0 Å². The van der Waals surface area contributed by atoms with Crippen molar-refractivity contribution in [3.05, 3.63) is 255 Å². The molecule has 1 N–H and O–H groups in total. The van der Waals surface area contributed by atoms with Crippen molar-refractivity contribution >= 4 is 87.2 Å². The number of ether oxygens (including phenoxy) is 4. The van der Waals surface area contributed by atoms with Crippen molar-refractivity contribution in [2.45, 2.75) is 43.4 Å². The summed E-state index contributed by atoms with van der Waals surface area (Å²) >= 11 is 1.38. The standard InChI is InChI=1S/C66H36N6O12S2/c67-27-39-21-43-44(22-40(39)28-68)54(74)47(53(43)73)25-49-71-59-58(86-49)52-51(65(59,61(77)81-31-35-13-5-1-6-14-35)62(78)82-32-36-15-7-2-8-16-36)57-60(72-50(85-57)26-48-55(75)45-23-41(29-69)42(30-70)24-46(45)56(48)76)66(52,63(79)83-33-37-17-9-3-10-18-37)64(80)84-34-38-19-11-4-12-20-38/h1-26,53,73H,31-34H2/b47-25-. The lowest BCUT2D eigenvalue weighted by Crippen LogP contribution is -2.46. The molecule has 20 heteroatoms. The first kappa shape index (κ1) is 55.2. The van der Waals surface area contributed by atoms with E-state index in [-0.39, 0.29) is 81.0 Å². The highest BCUT2D eigenvalue weighted by atomic mass is 32.1. The Morgan fingerprint density at radius 1 is 0.477 bits per heavy atom. The van der Waals surface area contributed by atoms with Crippen LogP contribution in [0.15, 0.2) is 157 Å². The van der Waals surface area contributed by atoms with Gasteiger partial charge >= 0.3 is 23.9 Å². The molecule has 4 aliphatic rings. The minimum Gasteiger partial charge on any atom is -0.459 e. The number of thiazole rings is 2. The molecule has 414 valence electrons. The van der Waals surface area contributed by atoms with Gasteiger partial charge in [-0.05, 0) is 64.2 Å². The van der Waals surface area contributed by atoms with Crippen molar-refractivity contribution in [3.8, 4) is 24.3 Å². The number of hydrogen-bond acceptors (Lipinski definition) is 20. The van der Waals surface area contributed by atoms with Gasteiger partial charge in [0, 0.05) is 33.4 Å². The van der Waals surface area contributed by atoms with E-state index < -0.39 is 102 Å².